The third kappa shape index (κ3) is 2.05. The first-order chi connectivity index (χ1) is 8.66. The zero-order valence-corrected chi connectivity index (χ0v) is 11.2. The van der Waals surface area contributed by atoms with Gasteiger partial charge in [0.2, 0.25) is 5.91 Å². The Morgan fingerprint density at radius 3 is 2.78 bits per heavy atom. The summed E-state index contributed by atoms with van der Waals surface area (Å²) in [4.78, 5) is 14.6. The lowest BCUT2D eigenvalue weighted by atomic mass is 9.92. The molecule has 0 spiro atoms. The van der Waals surface area contributed by atoms with Gasteiger partial charge in [0.05, 0.1) is 0 Å². The number of fused-ring (bicyclic) bond motifs is 1. The zero-order chi connectivity index (χ0) is 12.7. The van der Waals surface area contributed by atoms with E-state index in [4.69, 9.17) is 0 Å². The average Bonchev–Trinajstić information content (AvgIpc) is 3.20. The maximum absolute atomic E-state index is 12.6. The first kappa shape index (κ1) is 11.8. The molecule has 0 saturated heterocycles. The van der Waals surface area contributed by atoms with E-state index in [1.54, 1.807) is 0 Å². The number of anilines is 1. The van der Waals surface area contributed by atoms with Crippen molar-refractivity contribution in [3.05, 3.63) is 29.8 Å². The molecule has 96 valence electrons. The first-order valence-electron chi connectivity index (χ1n) is 7.06. The van der Waals surface area contributed by atoms with E-state index in [1.165, 1.54) is 18.4 Å². The highest BCUT2D eigenvalue weighted by Gasteiger charge is 2.37. The molecule has 18 heavy (non-hydrogen) atoms. The minimum atomic E-state index is 0.198. The molecule has 3 rings (SSSR count). The Labute approximate surface area is 109 Å². The number of rotatable bonds is 2. The van der Waals surface area contributed by atoms with Gasteiger partial charge in [0, 0.05) is 18.2 Å². The largest absolute Gasteiger partial charge is 0.312 e. The first-order valence-corrected chi connectivity index (χ1v) is 7.06. The average molecular weight is 243 g/mol. The molecule has 2 aliphatic rings. The molecule has 1 aromatic rings. The monoisotopic (exact) mass is 243 g/mol. The maximum atomic E-state index is 12.6. The second-order valence-electron chi connectivity index (χ2n) is 6.01. The molecular formula is C16H21NO. The number of carbonyl (C=O) groups excluding carboxylic acids is 1. The van der Waals surface area contributed by atoms with Gasteiger partial charge in [-0.2, -0.15) is 0 Å². The van der Waals surface area contributed by atoms with Crippen LogP contribution in [0.4, 0.5) is 5.69 Å². The molecule has 0 radical (unpaired) electrons. The van der Waals surface area contributed by atoms with Crippen LogP contribution in [-0.2, 0) is 11.2 Å². The standard InChI is InChI=1S/C16H21NO/c1-11-9-14-5-3-4-6-15(14)17(10-11)16(18)12(2)13-7-8-13/h3-6,11-13H,7-10H2,1-2H3. The van der Waals surface area contributed by atoms with E-state index in [2.05, 4.69) is 32.0 Å². The molecule has 0 bridgehead atoms. The third-order valence-electron chi connectivity index (χ3n) is 4.33. The summed E-state index contributed by atoms with van der Waals surface area (Å²) in [6.45, 7) is 5.22. The van der Waals surface area contributed by atoms with Crippen LogP contribution in [0.2, 0.25) is 0 Å². The Kier molecular flexibility index (Phi) is 2.89. The zero-order valence-electron chi connectivity index (χ0n) is 11.2. The minimum absolute atomic E-state index is 0.198. The van der Waals surface area contributed by atoms with Crippen molar-refractivity contribution in [1.29, 1.82) is 0 Å². The number of benzene rings is 1. The molecule has 1 fully saturated rings. The lowest BCUT2D eigenvalue weighted by Gasteiger charge is -2.34. The van der Waals surface area contributed by atoms with Gasteiger partial charge in [-0.1, -0.05) is 32.0 Å². The van der Waals surface area contributed by atoms with Crippen molar-refractivity contribution >= 4 is 11.6 Å². The second-order valence-corrected chi connectivity index (χ2v) is 6.01. The molecule has 1 saturated carbocycles. The van der Waals surface area contributed by atoms with Gasteiger partial charge < -0.3 is 4.90 Å². The molecule has 1 heterocycles. The van der Waals surface area contributed by atoms with Crippen LogP contribution in [0.5, 0.6) is 0 Å². The van der Waals surface area contributed by atoms with Crippen LogP contribution in [0.3, 0.4) is 0 Å². The summed E-state index contributed by atoms with van der Waals surface area (Å²) in [6, 6.07) is 8.37. The summed E-state index contributed by atoms with van der Waals surface area (Å²) in [5.41, 5.74) is 2.47. The predicted molar refractivity (Wildman–Crippen MR) is 73.6 cm³/mol. The van der Waals surface area contributed by atoms with Crippen LogP contribution in [0.1, 0.15) is 32.3 Å². The highest BCUT2D eigenvalue weighted by atomic mass is 16.2. The van der Waals surface area contributed by atoms with Gasteiger partial charge in [-0.25, -0.2) is 0 Å². The number of hydrogen-bond donors (Lipinski definition) is 0. The molecule has 1 aromatic carbocycles. The lowest BCUT2D eigenvalue weighted by Crippen LogP contribution is -2.42. The van der Waals surface area contributed by atoms with E-state index in [-0.39, 0.29) is 5.92 Å². The van der Waals surface area contributed by atoms with E-state index in [0.29, 0.717) is 17.7 Å². The number of hydrogen-bond acceptors (Lipinski definition) is 1. The Balaban J connectivity index is 1.89. The summed E-state index contributed by atoms with van der Waals surface area (Å²) in [6.07, 6.45) is 3.56. The molecule has 0 N–H and O–H groups in total. The van der Waals surface area contributed by atoms with Gasteiger partial charge >= 0.3 is 0 Å². The van der Waals surface area contributed by atoms with Crippen molar-refractivity contribution in [1.82, 2.24) is 0 Å². The Bertz CT molecular complexity index is 464. The summed E-state index contributed by atoms with van der Waals surface area (Å²) >= 11 is 0. The van der Waals surface area contributed by atoms with Crippen LogP contribution in [0, 0.1) is 17.8 Å². The van der Waals surface area contributed by atoms with Gasteiger partial charge in [0.1, 0.15) is 0 Å². The third-order valence-corrected chi connectivity index (χ3v) is 4.33. The van der Waals surface area contributed by atoms with Gasteiger partial charge in [-0.3, -0.25) is 4.79 Å². The van der Waals surface area contributed by atoms with E-state index in [9.17, 15) is 4.79 Å². The van der Waals surface area contributed by atoms with E-state index in [0.717, 1.165) is 18.7 Å². The fraction of sp³-hybridized carbons (Fsp3) is 0.562. The van der Waals surface area contributed by atoms with Crippen LogP contribution in [0.25, 0.3) is 0 Å². The molecule has 1 amide bonds. The van der Waals surface area contributed by atoms with Crippen molar-refractivity contribution in [2.45, 2.75) is 33.1 Å². The fourth-order valence-electron chi connectivity index (χ4n) is 3.05. The molecule has 2 unspecified atom stereocenters. The smallest absolute Gasteiger partial charge is 0.230 e. The predicted octanol–water partition coefficient (Wildman–Crippen LogP) is 3.26. The molecule has 2 nitrogen and oxygen atoms in total. The summed E-state index contributed by atoms with van der Waals surface area (Å²) in [5.74, 6) is 1.73. The number of amides is 1. The van der Waals surface area contributed by atoms with Gasteiger partial charge in [0.15, 0.2) is 0 Å². The summed E-state index contributed by atoms with van der Waals surface area (Å²) in [5, 5.41) is 0. The normalized spacial score (nSPS) is 24.6. The van der Waals surface area contributed by atoms with E-state index >= 15 is 0 Å². The van der Waals surface area contributed by atoms with Gasteiger partial charge in [-0.05, 0) is 42.7 Å². The number of para-hydroxylation sites is 1. The van der Waals surface area contributed by atoms with Gasteiger partial charge in [0.25, 0.3) is 0 Å². The highest BCUT2D eigenvalue weighted by Crippen LogP contribution is 2.39. The maximum Gasteiger partial charge on any atom is 0.230 e. The minimum Gasteiger partial charge on any atom is -0.312 e. The Morgan fingerprint density at radius 1 is 1.33 bits per heavy atom. The second kappa shape index (κ2) is 4.42. The lowest BCUT2D eigenvalue weighted by molar-refractivity contribution is -0.122. The molecule has 1 aliphatic heterocycles. The summed E-state index contributed by atoms with van der Waals surface area (Å²) < 4.78 is 0. The van der Waals surface area contributed by atoms with Crippen LogP contribution < -0.4 is 4.90 Å². The molecule has 1 aliphatic carbocycles. The molecular weight excluding hydrogens is 222 g/mol. The van der Waals surface area contributed by atoms with Gasteiger partial charge in [-0.15, -0.1) is 0 Å². The number of nitrogens with zero attached hydrogens (tertiary/aromatic N) is 1. The van der Waals surface area contributed by atoms with Crippen molar-refractivity contribution in [2.75, 3.05) is 11.4 Å². The van der Waals surface area contributed by atoms with Crippen LogP contribution in [-0.4, -0.2) is 12.5 Å². The molecule has 0 aromatic heterocycles. The SMILES string of the molecule is CC1Cc2ccccc2N(C(=O)C(C)C2CC2)C1. The Morgan fingerprint density at radius 2 is 2.06 bits per heavy atom. The van der Waals surface area contributed by atoms with Crippen molar-refractivity contribution < 1.29 is 4.79 Å². The van der Waals surface area contributed by atoms with E-state index in [1.807, 2.05) is 11.0 Å². The van der Waals surface area contributed by atoms with Crippen LogP contribution in [0.15, 0.2) is 24.3 Å². The topological polar surface area (TPSA) is 20.3 Å². The molecule has 2 atom stereocenters. The number of carbonyl (C=O) groups is 1. The van der Waals surface area contributed by atoms with Crippen LogP contribution >= 0.6 is 0 Å². The van der Waals surface area contributed by atoms with Crippen molar-refractivity contribution in [2.24, 2.45) is 17.8 Å². The van der Waals surface area contributed by atoms with Crippen molar-refractivity contribution in [3.63, 3.8) is 0 Å². The van der Waals surface area contributed by atoms with Crippen molar-refractivity contribution in [3.8, 4) is 0 Å². The molecule has 2 heteroatoms. The summed E-state index contributed by atoms with van der Waals surface area (Å²) in [7, 11) is 0. The Hall–Kier alpha value is -1.31. The highest BCUT2D eigenvalue weighted by molar-refractivity contribution is 5.96. The fourth-order valence-corrected chi connectivity index (χ4v) is 3.05. The quantitative estimate of drug-likeness (QED) is 0.780. The van der Waals surface area contributed by atoms with E-state index < -0.39 is 0 Å².